The third-order valence-corrected chi connectivity index (χ3v) is 6.08. The number of hydrogen-bond donors (Lipinski definition) is 0. The maximum atomic E-state index is 13.2. The van der Waals surface area contributed by atoms with Crippen LogP contribution in [0.2, 0.25) is 0 Å². The summed E-state index contributed by atoms with van der Waals surface area (Å²) in [5, 5.41) is 0. The van der Waals surface area contributed by atoms with Crippen LogP contribution in [0.4, 0.5) is 0 Å². The fourth-order valence-corrected chi connectivity index (χ4v) is 4.44. The van der Waals surface area contributed by atoms with E-state index in [0.29, 0.717) is 5.92 Å². The predicted octanol–water partition coefficient (Wildman–Crippen LogP) is 5.90. The average Bonchev–Trinajstić information content (AvgIpc) is 2.67. The largest absolute Gasteiger partial charge is 0.249 e. The maximum absolute atomic E-state index is 13.2. The Morgan fingerprint density at radius 3 is 2.16 bits per heavy atom. The zero-order valence-electron chi connectivity index (χ0n) is 14.8. The molecule has 2 atom stereocenters. The Morgan fingerprint density at radius 2 is 1.48 bits per heavy atom. The Labute approximate surface area is 153 Å². The number of aryl methyl sites for hydroxylation is 1. The van der Waals surface area contributed by atoms with E-state index in [9.17, 15) is 4.21 Å². The van der Waals surface area contributed by atoms with Gasteiger partial charge >= 0.3 is 0 Å². The molecule has 1 nitrogen and oxygen atoms in total. The van der Waals surface area contributed by atoms with E-state index in [4.69, 9.17) is 0 Å². The molecule has 0 saturated carbocycles. The van der Waals surface area contributed by atoms with Crippen LogP contribution in [0.25, 0.3) is 0 Å². The molecule has 128 valence electrons. The van der Waals surface area contributed by atoms with Gasteiger partial charge in [0, 0.05) is 9.79 Å². The molecule has 1 unspecified atom stereocenters. The van der Waals surface area contributed by atoms with Gasteiger partial charge in [0.25, 0.3) is 0 Å². The Hall–Kier alpha value is -2.19. The highest BCUT2D eigenvalue weighted by molar-refractivity contribution is 7.85. The monoisotopic (exact) mass is 348 g/mol. The first kappa shape index (κ1) is 17.6. The van der Waals surface area contributed by atoms with Crippen LogP contribution < -0.4 is 0 Å². The molecule has 0 aromatic heterocycles. The second-order valence-corrected chi connectivity index (χ2v) is 7.86. The summed E-state index contributed by atoms with van der Waals surface area (Å²) in [5.74, 6) is 0.369. The third-order valence-electron chi connectivity index (χ3n) is 4.61. The fraction of sp³-hybridized carbons (Fsp3) is 0.217. The van der Waals surface area contributed by atoms with Gasteiger partial charge < -0.3 is 0 Å². The minimum Gasteiger partial charge on any atom is -0.249 e. The molecular weight excluding hydrogens is 324 g/mol. The zero-order chi connectivity index (χ0) is 17.6. The lowest BCUT2D eigenvalue weighted by Crippen LogP contribution is -2.07. The van der Waals surface area contributed by atoms with Crippen LogP contribution >= 0.6 is 0 Å². The molecule has 0 N–H and O–H groups in total. The molecule has 0 spiro atoms. The topological polar surface area (TPSA) is 17.1 Å². The van der Waals surface area contributed by atoms with Crippen molar-refractivity contribution in [2.75, 3.05) is 0 Å². The van der Waals surface area contributed by atoms with E-state index in [2.05, 4.69) is 43.3 Å². The highest BCUT2D eigenvalue weighted by Gasteiger charge is 2.18. The van der Waals surface area contributed by atoms with E-state index in [0.717, 1.165) is 22.6 Å². The predicted molar refractivity (Wildman–Crippen MR) is 105 cm³/mol. The van der Waals surface area contributed by atoms with Gasteiger partial charge in [-0.2, -0.15) is 0 Å². The van der Waals surface area contributed by atoms with Gasteiger partial charge in [0.1, 0.15) is 0 Å². The van der Waals surface area contributed by atoms with Crippen molar-refractivity contribution in [1.82, 2.24) is 0 Å². The summed E-state index contributed by atoms with van der Waals surface area (Å²) in [6.07, 6.45) is 2.00. The quantitative estimate of drug-likeness (QED) is 0.542. The smallest absolute Gasteiger partial charge is 0.0852 e. The van der Waals surface area contributed by atoms with Crippen molar-refractivity contribution < 1.29 is 4.21 Å². The van der Waals surface area contributed by atoms with E-state index in [1.807, 2.05) is 49.4 Å². The standard InChI is InChI=1S/C23H24OS/c1-3-20(17-19-9-5-4-6-10-19)22-11-7-8-12-23(22)25(24)21-15-13-18(2)14-16-21/h4-16,20H,3,17H2,1-2H3/t20-,25?/m1/s1. The molecule has 0 heterocycles. The van der Waals surface area contributed by atoms with E-state index in [-0.39, 0.29) is 0 Å². The van der Waals surface area contributed by atoms with Gasteiger partial charge in [-0.15, -0.1) is 0 Å². The molecule has 0 radical (unpaired) electrons. The summed E-state index contributed by atoms with van der Waals surface area (Å²) in [4.78, 5) is 1.81. The lowest BCUT2D eigenvalue weighted by atomic mass is 9.90. The van der Waals surface area contributed by atoms with Crippen molar-refractivity contribution in [2.24, 2.45) is 0 Å². The molecule has 0 fully saturated rings. The van der Waals surface area contributed by atoms with Gasteiger partial charge in [0.2, 0.25) is 0 Å². The van der Waals surface area contributed by atoms with Crippen LogP contribution in [-0.4, -0.2) is 4.21 Å². The van der Waals surface area contributed by atoms with Gasteiger partial charge in [0.05, 0.1) is 10.8 Å². The van der Waals surface area contributed by atoms with Crippen LogP contribution in [0.15, 0.2) is 88.7 Å². The fourth-order valence-electron chi connectivity index (χ4n) is 3.15. The summed E-state index contributed by atoms with van der Waals surface area (Å²) >= 11 is 0. The van der Waals surface area contributed by atoms with Gasteiger partial charge in [-0.05, 0) is 55.0 Å². The molecular formula is C23H24OS. The van der Waals surface area contributed by atoms with Crippen LogP contribution in [0.3, 0.4) is 0 Å². The molecule has 3 aromatic rings. The lowest BCUT2D eigenvalue weighted by Gasteiger charge is -2.19. The molecule has 0 aliphatic rings. The summed E-state index contributed by atoms with van der Waals surface area (Å²) < 4.78 is 13.2. The van der Waals surface area contributed by atoms with E-state index < -0.39 is 10.8 Å². The first-order chi connectivity index (χ1) is 12.2. The molecule has 25 heavy (non-hydrogen) atoms. The zero-order valence-corrected chi connectivity index (χ0v) is 15.6. The summed E-state index contributed by atoms with van der Waals surface area (Å²) in [7, 11) is -1.15. The number of hydrogen-bond acceptors (Lipinski definition) is 1. The summed E-state index contributed by atoms with van der Waals surface area (Å²) in [6.45, 7) is 4.26. The molecule has 0 amide bonds. The SMILES string of the molecule is CC[C@H](Cc1ccccc1)c1ccccc1S(=O)c1ccc(C)cc1. The Balaban J connectivity index is 1.94. The van der Waals surface area contributed by atoms with Crippen LogP contribution in [-0.2, 0) is 17.2 Å². The third kappa shape index (κ3) is 4.26. The van der Waals surface area contributed by atoms with Crippen molar-refractivity contribution in [3.05, 3.63) is 95.6 Å². The molecule has 0 aliphatic heterocycles. The van der Waals surface area contributed by atoms with Crippen LogP contribution in [0, 0.1) is 6.92 Å². The van der Waals surface area contributed by atoms with E-state index in [1.165, 1.54) is 16.7 Å². The molecule has 3 aromatic carbocycles. The Kier molecular flexibility index (Phi) is 5.83. The minimum absolute atomic E-state index is 0.369. The van der Waals surface area contributed by atoms with Gasteiger partial charge in [-0.1, -0.05) is 73.2 Å². The van der Waals surface area contributed by atoms with Crippen molar-refractivity contribution >= 4 is 10.8 Å². The average molecular weight is 349 g/mol. The van der Waals surface area contributed by atoms with Crippen LogP contribution in [0.5, 0.6) is 0 Å². The number of benzene rings is 3. The van der Waals surface area contributed by atoms with Gasteiger partial charge in [0.15, 0.2) is 0 Å². The highest BCUT2D eigenvalue weighted by atomic mass is 32.2. The lowest BCUT2D eigenvalue weighted by molar-refractivity contribution is 0.642. The molecule has 2 heteroatoms. The summed E-state index contributed by atoms with van der Waals surface area (Å²) in [5.41, 5.74) is 3.71. The number of rotatable bonds is 6. The van der Waals surface area contributed by atoms with Gasteiger partial charge in [-0.3, -0.25) is 0 Å². The molecule has 3 rings (SSSR count). The second-order valence-electron chi connectivity index (χ2n) is 6.41. The second kappa shape index (κ2) is 8.26. The van der Waals surface area contributed by atoms with Crippen molar-refractivity contribution in [3.8, 4) is 0 Å². The Morgan fingerprint density at radius 1 is 0.840 bits per heavy atom. The normalized spacial score (nSPS) is 13.4. The van der Waals surface area contributed by atoms with Crippen molar-refractivity contribution in [2.45, 2.75) is 42.4 Å². The first-order valence-corrected chi connectivity index (χ1v) is 9.95. The Bertz CT molecular complexity index is 837. The van der Waals surface area contributed by atoms with Gasteiger partial charge in [-0.25, -0.2) is 4.21 Å². The molecule has 0 aliphatic carbocycles. The highest BCUT2D eigenvalue weighted by Crippen LogP contribution is 2.31. The minimum atomic E-state index is -1.15. The summed E-state index contributed by atoms with van der Waals surface area (Å²) in [6, 6.07) is 26.7. The molecule has 0 bridgehead atoms. The van der Waals surface area contributed by atoms with E-state index >= 15 is 0 Å². The maximum Gasteiger partial charge on any atom is 0.0852 e. The van der Waals surface area contributed by atoms with Crippen molar-refractivity contribution in [1.29, 1.82) is 0 Å². The van der Waals surface area contributed by atoms with Crippen LogP contribution in [0.1, 0.15) is 36.0 Å². The first-order valence-electron chi connectivity index (χ1n) is 8.80. The van der Waals surface area contributed by atoms with E-state index in [1.54, 1.807) is 0 Å². The van der Waals surface area contributed by atoms with Crippen molar-refractivity contribution in [3.63, 3.8) is 0 Å². The molecule has 0 saturated heterocycles.